The van der Waals surface area contributed by atoms with Crippen LogP contribution in [0.15, 0.2) is 89.6 Å². The van der Waals surface area contributed by atoms with E-state index in [1.54, 1.807) is 11.3 Å². The summed E-state index contributed by atoms with van der Waals surface area (Å²) >= 11 is 1.74. The molecule has 0 N–H and O–H groups in total. The van der Waals surface area contributed by atoms with Gasteiger partial charge in [-0.15, -0.1) is 0 Å². The number of thiophene rings is 1. The van der Waals surface area contributed by atoms with Gasteiger partial charge >= 0.3 is 6.18 Å². The minimum atomic E-state index is -4.00. The van der Waals surface area contributed by atoms with Gasteiger partial charge in [0.15, 0.2) is 0 Å². The molecule has 0 bridgehead atoms. The van der Waals surface area contributed by atoms with Crippen molar-refractivity contribution in [1.29, 1.82) is 0 Å². The fourth-order valence-electron chi connectivity index (χ4n) is 2.18. The monoisotopic (exact) mass is 446 g/mol. The predicted octanol–water partition coefficient (Wildman–Crippen LogP) is 9.79. The van der Waals surface area contributed by atoms with E-state index in [1.165, 1.54) is 27.5 Å². The van der Waals surface area contributed by atoms with Crippen molar-refractivity contribution in [1.82, 2.24) is 0 Å². The van der Waals surface area contributed by atoms with Crippen LogP contribution in [0.1, 0.15) is 37.5 Å². The Labute approximate surface area is 189 Å². The summed E-state index contributed by atoms with van der Waals surface area (Å²) in [7, 11) is 0. The Bertz CT molecular complexity index is 922. The molecule has 0 aliphatic rings. The highest BCUT2D eigenvalue weighted by Crippen LogP contribution is 2.14. The maximum atomic E-state index is 10.4. The first-order chi connectivity index (χ1) is 14.6. The molecule has 4 rings (SSSR count). The smallest absolute Gasteiger partial charge is 0.172 e. The number of rotatable bonds is 0. The third-order valence-electron chi connectivity index (χ3n) is 3.51. The molecule has 0 unspecified atom stereocenters. The zero-order valence-electron chi connectivity index (χ0n) is 19.2. The van der Waals surface area contributed by atoms with E-state index < -0.39 is 6.18 Å². The molecule has 0 nitrogen and oxygen atoms in total. The topological polar surface area (TPSA) is 0 Å². The summed E-state index contributed by atoms with van der Waals surface area (Å²) in [5, 5.41) is 6.85. The highest BCUT2D eigenvalue weighted by atomic mass is 32.1. The normalized spacial score (nSPS) is 9.45. The lowest BCUT2D eigenvalue weighted by atomic mass is 10.1. The van der Waals surface area contributed by atoms with E-state index in [0.717, 1.165) is 0 Å². The highest BCUT2D eigenvalue weighted by Gasteiger charge is 2.15. The van der Waals surface area contributed by atoms with Crippen molar-refractivity contribution in [3.05, 3.63) is 106 Å². The van der Waals surface area contributed by atoms with Gasteiger partial charge in [0, 0.05) is 6.92 Å². The van der Waals surface area contributed by atoms with E-state index >= 15 is 0 Å². The van der Waals surface area contributed by atoms with Crippen LogP contribution in [0.5, 0.6) is 0 Å². The molecule has 0 saturated heterocycles. The Morgan fingerprint density at radius 2 is 1.13 bits per heavy atom. The Morgan fingerprint density at radius 1 is 0.613 bits per heavy atom. The largest absolute Gasteiger partial charge is 0.386 e. The molecule has 3 aromatic carbocycles. The highest BCUT2D eigenvalue weighted by molar-refractivity contribution is 7.07. The van der Waals surface area contributed by atoms with Crippen LogP contribution in [0.2, 0.25) is 0 Å². The number of benzene rings is 3. The molecule has 1 heterocycles. The van der Waals surface area contributed by atoms with E-state index in [1.807, 2.05) is 32.0 Å². The molecule has 0 fully saturated rings. The molecule has 4 aromatic rings. The summed E-state index contributed by atoms with van der Waals surface area (Å²) in [4.78, 5) is 0. The van der Waals surface area contributed by atoms with E-state index in [2.05, 4.69) is 92.2 Å². The first kappa shape index (κ1) is 28.4. The number of halogens is 3. The molecule has 0 spiro atoms. The molecular weight excluding hydrogens is 413 g/mol. The standard InChI is InChI=1S/C11H10.C7H8.C5H6S.C2H3F3.C2H6/c1-9-6-7-10-4-2-3-5-11(10)8-9;1-7-5-3-2-4-6-7;1-5-2-3-6-4-5;1-2(3,4)5;1-2/h2-8H,1H3;2-6H,1H3;2-4H,1H3;1H3;1-2H3. The molecule has 0 amide bonds. The molecule has 0 radical (unpaired) electrons. The van der Waals surface area contributed by atoms with Gasteiger partial charge in [-0.25, -0.2) is 0 Å². The van der Waals surface area contributed by atoms with Crippen molar-refractivity contribution >= 4 is 22.1 Å². The lowest BCUT2D eigenvalue weighted by molar-refractivity contribution is -0.110. The summed E-state index contributed by atoms with van der Waals surface area (Å²) in [5.41, 5.74) is 4.01. The average Bonchev–Trinajstić information content (AvgIpc) is 3.21. The SMILES string of the molecule is CC.CC(F)(F)F.Cc1ccc2ccccc2c1.Cc1ccccc1.Cc1ccsc1. The molecular formula is C27H33F3S. The molecule has 0 saturated carbocycles. The molecule has 0 aliphatic heterocycles. The van der Waals surface area contributed by atoms with Crippen molar-refractivity contribution in [3.63, 3.8) is 0 Å². The van der Waals surface area contributed by atoms with E-state index in [-0.39, 0.29) is 6.92 Å². The van der Waals surface area contributed by atoms with Gasteiger partial charge < -0.3 is 0 Å². The first-order valence-electron chi connectivity index (χ1n) is 10.2. The van der Waals surface area contributed by atoms with Crippen LogP contribution in [0.25, 0.3) is 10.8 Å². The number of alkyl halides is 3. The molecule has 1 aromatic heterocycles. The summed E-state index contributed by atoms with van der Waals surface area (Å²) < 4.78 is 31.1. The quantitative estimate of drug-likeness (QED) is 0.252. The molecule has 4 heteroatoms. The second kappa shape index (κ2) is 16.1. The van der Waals surface area contributed by atoms with Crippen molar-refractivity contribution < 1.29 is 13.2 Å². The lowest BCUT2D eigenvalue weighted by Gasteiger charge is -1.96. The summed E-state index contributed by atoms with van der Waals surface area (Å²) in [6.07, 6.45) is -4.00. The van der Waals surface area contributed by atoms with E-state index in [4.69, 9.17) is 0 Å². The van der Waals surface area contributed by atoms with Gasteiger partial charge in [-0.05, 0) is 53.9 Å². The first-order valence-corrected chi connectivity index (χ1v) is 11.1. The van der Waals surface area contributed by atoms with Gasteiger partial charge in [-0.1, -0.05) is 97.8 Å². The van der Waals surface area contributed by atoms with Crippen molar-refractivity contribution in [3.8, 4) is 0 Å². The minimum Gasteiger partial charge on any atom is -0.172 e. The van der Waals surface area contributed by atoms with Gasteiger partial charge in [0.25, 0.3) is 0 Å². The van der Waals surface area contributed by atoms with Crippen LogP contribution in [-0.2, 0) is 0 Å². The maximum Gasteiger partial charge on any atom is 0.386 e. The number of hydrogen-bond acceptors (Lipinski definition) is 1. The molecule has 31 heavy (non-hydrogen) atoms. The van der Waals surface area contributed by atoms with Crippen molar-refractivity contribution in [2.45, 2.75) is 47.7 Å². The lowest BCUT2D eigenvalue weighted by Crippen LogP contribution is -1.95. The third-order valence-corrected chi connectivity index (χ3v) is 4.31. The Balaban J connectivity index is 0.000000396. The fraction of sp³-hybridized carbons (Fsp3) is 0.259. The number of aryl methyl sites for hydroxylation is 3. The number of fused-ring (bicyclic) bond motifs is 1. The van der Waals surface area contributed by atoms with Crippen LogP contribution < -0.4 is 0 Å². The zero-order valence-corrected chi connectivity index (χ0v) is 20.0. The van der Waals surface area contributed by atoms with Crippen molar-refractivity contribution in [2.24, 2.45) is 0 Å². The van der Waals surface area contributed by atoms with Crippen molar-refractivity contribution in [2.75, 3.05) is 0 Å². The summed E-state index contributed by atoms with van der Waals surface area (Å²) in [5.74, 6) is 0. The van der Waals surface area contributed by atoms with Gasteiger partial charge in [-0.3, -0.25) is 0 Å². The third kappa shape index (κ3) is 16.8. The number of hydrogen-bond donors (Lipinski definition) is 0. The van der Waals surface area contributed by atoms with Gasteiger partial charge in [0.2, 0.25) is 0 Å². The summed E-state index contributed by atoms with van der Waals surface area (Å²) in [6.45, 7) is 10.5. The fourth-order valence-corrected chi connectivity index (χ4v) is 2.84. The molecule has 168 valence electrons. The van der Waals surface area contributed by atoms with Crippen LogP contribution >= 0.6 is 11.3 Å². The second-order valence-electron chi connectivity index (χ2n) is 6.59. The summed E-state index contributed by atoms with van der Waals surface area (Å²) in [6, 6.07) is 27.3. The Kier molecular flexibility index (Phi) is 14.8. The Hall–Kier alpha value is -2.59. The van der Waals surface area contributed by atoms with Crippen LogP contribution in [0, 0.1) is 20.8 Å². The minimum absolute atomic E-state index is 0.188. The van der Waals surface area contributed by atoms with Crippen LogP contribution in [0.4, 0.5) is 13.2 Å². The predicted molar refractivity (Wildman–Crippen MR) is 132 cm³/mol. The van der Waals surface area contributed by atoms with E-state index in [0.29, 0.717) is 0 Å². The van der Waals surface area contributed by atoms with Gasteiger partial charge in [0.05, 0.1) is 0 Å². The maximum absolute atomic E-state index is 10.4. The van der Waals surface area contributed by atoms with Crippen LogP contribution in [-0.4, -0.2) is 6.18 Å². The van der Waals surface area contributed by atoms with Gasteiger partial charge in [0.1, 0.15) is 0 Å². The average molecular weight is 447 g/mol. The second-order valence-corrected chi connectivity index (χ2v) is 7.37. The Morgan fingerprint density at radius 3 is 1.52 bits per heavy atom. The van der Waals surface area contributed by atoms with Gasteiger partial charge in [-0.2, -0.15) is 24.5 Å². The van der Waals surface area contributed by atoms with E-state index in [9.17, 15) is 13.2 Å². The van der Waals surface area contributed by atoms with Crippen LogP contribution in [0.3, 0.4) is 0 Å². The zero-order chi connectivity index (χ0) is 23.7. The molecule has 0 aliphatic carbocycles. The molecule has 0 atom stereocenters.